The maximum Gasteiger partial charge on any atom is 0.274 e. The van der Waals surface area contributed by atoms with Crippen LogP contribution >= 0.6 is 27.3 Å². The van der Waals surface area contributed by atoms with Crippen molar-refractivity contribution in [3.63, 3.8) is 0 Å². The molecule has 0 fully saturated rings. The number of nitrogens with zero attached hydrogens (tertiary/aromatic N) is 1. The van der Waals surface area contributed by atoms with E-state index in [1.54, 1.807) is 30.6 Å². The zero-order chi connectivity index (χ0) is 13.3. The number of aryl methyl sites for hydroxylation is 1. The summed E-state index contributed by atoms with van der Waals surface area (Å²) in [7, 11) is -1.93. The number of benzene rings is 1. The van der Waals surface area contributed by atoms with Gasteiger partial charge in [0.15, 0.2) is 4.21 Å². The van der Waals surface area contributed by atoms with E-state index in [0.29, 0.717) is 14.4 Å². The van der Waals surface area contributed by atoms with Crippen molar-refractivity contribution in [3.05, 3.63) is 45.7 Å². The summed E-state index contributed by atoms with van der Waals surface area (Å²) in [5.41, 5.74) is 1.75. The smallest absolute Gasteiger partial charge is 0.269 e. The van der Waals surface area contributed by atoms with Crippen molar-refractivity contribution in [3.8, 4) is 0 Å². The summed E-state index contributed by atoms with van der Waals surface area (Å²) in [5.74, 6) is 0. The Bertz CT molecular complexity index is 647. The molecule has 0 atom stereocenters. The molecule has 0 bridgehead atoms. The zero-order valence-corrected chi connectivity index (χ0v) is 13.1. The molecule has 96 valence electrons. The monoisotopic (exact) mass is 345 g/mol. The predicted octanol–water partition coefficient (Wildman–Crippen LogP) is 3.64. The zero-order valence-electron chi connectivity index (χ0n) is 9.92. The van der Waals surface area contributed by atoms with Gasteiger partial charge in [-0.25, -0.2) is 8.42 Å². The molecule has 18 heavy (non-hydrogen) atoms. The molecule has 2 aromatic rings. The first kappa shape index (κ1) is 13.6. The lowest BCUT2D eigenvalue weighted by molar-refractivity contribution is 0.596. The molecule has 2 rings (SSSR count). The van der Waals surface area contributed by atoms with Crippen molar-refractivity contribution in [1.29, 1.82) is 0 Å². The average molecular weight is 346 g/mol. The van der Waals surface area contributed by atoms with Crippen LogP contribution in [0.3, 0.4) is 0 Å². The number of rotatable bonds is 3. The highest BCUT2D eigenvalue weighted by molar-refractivity contribution is 9.10. The highest BCUT2D eigenvalue weighted by Gasteiger charge is 2.24. The predicted molar refractivity (Wildman–Crippen MR) is 78.8 cm³/mol. The molecular formula is C12H12BrNO2S2. The van der Waals surface area contributed by atoms with E-state index in [2.05, 4.69) is 15.9 Å². The Kier molecular flexibility index (Phi) is 3.79. The van der Waals surface area contributed by atoms with Crippen LogP contribution in [0.15, 0.2) is 44.4 Å². The van der Waals surface area contributed by atoms with E-state index < -0.39 is 10.0 Å². The van der Waals surface area contributed by atoms with Crippen molar-refractivity contribution in [2.75, 3.05) is 11.4 Å². The third kappa shape index (κ3) is 2.46. The summed E-state index contributed by atoms with van der Waals surface area (Å²) in [5, 5.41) is 1.75. The number of anilines is 1. The Morgan fingerprint density at radius 3 is 2.28 bits per heavy atom. The first-order valence-electron chi connectivity index (χ1n) is 5.21. The number of hydrogen-bond acceptors (Lipinski definition) is 3. The van der Waals surface area contributed by atoms with Crippen LogP contribution in [0.4, 0.5) is 5.69 Å². The number of hydrogen-bond donors (Lipinski definition) is 0. The van der Waals surface area contributed by atoms with Crippen LogP contribution in [0.25, 0.3) is 0 Å². The van der Waals surface area contributed by atoms with E-state index in [4.69, 9.17) is 0 Å². The minimum absolute atomic E-state index is 0.325. The lowest BCUT2D eigenvalue weighted by Gasteiger charge is -2.18. The van der Waals surface area contributed by atoms with E-state index >= 15 is 0 Å². The molecule has 0 spiro atoms. The highest BCUT2D eigenvalue weighted by Crippen LogP contribution is 2.31. The number of halogens is 1. The highest BCUT2D eigenvalue weighted by atomic mass is 79.9. The molecule has 0 radical (unpaired) electrons. The first-order valence-corrected chi connectivity index (χ1v) is 8.33. The van der Waals surface area contributed by atoms with E-state index in [9.17, 15) is 8.42 Å². The molecule has 6 heteroatoms. The Morgan fingerprint density at radius 2 is 1.78 bits per heavy atom. The van der Waals surface area contributed by atoms with Crippen molar-refractivity contribution in [1.82, 2.24) is 0 Å². The second-order valence-corrected chi connectivity index (χ2v) is 7.80. The minimum atomic E-state index is -3.49. The summed E-state index contributed by atoms with van der Waals surface area (Å²) in [6.45, 7) is 1.97. The van der Waals surface area contributed by atoms with Crippen LogP contribution in [0.2, 0.25) is 0 Å². The van der Waals surface area contributed by atoms with Crippen molar-refractivity contribution in [2.45, 2.75) is 11.1 Å². The fourth-order valence-corrected chi connectivity index (χ4v) is 5.14. The van der Waals surface area contributed by atoms with E-state index in [-0.39, 0.29) is 0 Å². The molecule has 0 aliphatic heterocycles. The molecule has 3 nitrogen and oxygen atoms in total. The van der Waals surface area contributed by atoms with E-state index in [1.165, 1.54) is 15.6 Å². The summed E-state index contributed by atoms with van der Waals surface area (Å²) >= 11 is 4.47. The molecule has 0 amide bonds. The van der Waals surface area contributed by atoms with Gasteiger partial charge in [0.25, 0.3) is 10.0 Å². The van der Waals surface area contributed by atoms with Gasteiger partial charge in [0.05, 0.1) is 5.69 Å². The number of thiophene rings is 1. The molecule has 1 aromatic carbocycles. The summed E-state index contributed by atoms with van der Waals surface area (Å²) in [6, 6.07) is 9.12. The fraction of sp³-hybridized carbons (Fsp3) is 0.167. The van der Waals surface area contributed by atoms with Crippen molar-refractivity contribution in [2.24, 2.45) is 0 Å². The average Bonchev–Trinajstić information content (AvgIpc) is 2.76. The van der Waals surface area contributed by atoms with Gasteiger partial charge < -0.3 is 0 Å². The largest absolute Gasteiger partial charge is 0.274 e. The van der Waals surface area contributed by atoms with Crippen LogP contribution < -0.4 is 4.31 Å². The molecule has 0 N–H and O–H groups in total. The van der Waals surface area contributed by atoms with Crippen LogP contribution in [-0.4, -0.2) is 15.5 Å². The van der Waals surface area contributed by atoms with E-state index in [0.717, 1.165) is 5.56 Å². The van der Waals surface area contributed by atoms with Gasteiger partial charge in [-0.15, -0.1) is 11.3 Å². The van der Waals surface area contributed by atoms with Gasteiger partial charge in [-0.1, -0.05) is 17.7 Å². The molecule has 1 heterocycles. The van der Waals surface area contributed by atoms with Gasteiger partial charge >= 0.3 is 0 Å². The van der Waals surface area contributed by atoms with Crippen LogP contribution in [-0.2, 0) is 10.0 Å². The summed E-state index contributed by atoms with van der Waals surface area (Å²) in [4.78, 5) is 0. The van der Waals surface area contributed by atoms with Crippen molar-refractivity contribution < 1.29 is 8.42 Å². The van der Waals surface area contributed by atoms with Crippen molar-refractivity contribution >= 4 is 43.0 Å². The molecule has 1 aromatic heterocycles. The summed E-state index contributed by atoms with van der Waals surface area (Å²) in [6.07, 6.45) is 0. The molecular weight excluding hydrogens is 334 g/mol. The topological polar surface area (TPSA) is 37.4 Å². The van der Waals surface area contributed by atoms with Crippen LogP contribution in [0, 0.1) is 6.92 Å². The SMILES string of the molecule is Cc1ccc(N(C)S(=O)(=O)c2sccc2Br)cc1. The van der Waals surface area contributed by atoms with Crippen LogP contribution in [0.5, 0.6) is 0 Å². The Morgan fingerprint density at radius 1 is 1.17 bits per heavy atom. The van der Waals surface area contributed by atoms with Gasteiger partial charge in [0.1, 0.15) is 0 Å². The van der Waals surface area contributed by atoms with E-state index in [1.807, 2.05) is 19.1 Å². The number of sulfonamides is 1. The molecule has 0 saturated carbocycles. The first-order chi connectivity index (χ1) is 8.43. The lowest BCUT2D eigenvalue weighted by Crippen LogP contribution is -2.26. The summed E-state index contributed by atoms with van der Waals surface area (Å²) < 4.78 is 27.0. The van der Waals surface area contributed by atoms with Gasteiger partial charge in [0.2, 0.25) is 0 Å². The van der Waals surface area contributed by atoms with Gasteiger partial charge in [0, 0.05) is 11.5 Å². The third-order valence-corrected chi connectivity index (χ3v) is 7.01. The minimum Gasteiger partial charge on any atom is -0.269 e. The molecule has 0 aliphatic rings. The normalized spacial score (nSPS) is 11.5. The Balaban J connectivity index is 2.42. The Hall–Kier alpha value is -0.850. The molecule has 0 aliphatic carbocycles. The van der Waals surface area contributed by atoms with Gasteiger partial charge in [-0.05, 0) is 46.4 Å². The maximum absolute atomic E-state index is 12.4. The maximum atomic E-state index is 12.4. The second kappa shape index (κ2) is 5.03. The standard InChI is InChI=1S/C12H12BrNO2S2/c1-9-3-5-10(6-4-9)14(2)18(15,16)12-11(13)7-8-17-12/h3-8H,1-2H3. The fourth-order valence-electron chi connectivity index (χ4n) is 1.48. The van der Waals surface area contributed by atoms with Gasteiger partial charge in [-0.2, -0.15) is 0 Å². The molecule has 0 saturated heterocycles. The van der Waals surface area contributed by atoms with Gasteiger partial charge in [-0.3, -0.25) is 4.31 Å². The second-order valence-electron chi connectivity index (χ2n) is 3.86. The third-order valence-electron chi connectivity index (χ3n) is 2.58. The van der Waals surface area contributed by atoms with Crippen LogP contribution in [0.1, 0.15) is 5.56 Å². The molecule has 0 unspecified atom stereocenters. The Labute approximate surface area is 119 Å². The quantitative estimate of drug-likeness (QED) is 0.851. The lowest BCUT2D eigenvalue weighted by atomic mass is 10.2.